The van der Waals surface area contributed by atoms with Crippen molar-refractivity contribution in [1.82, 2.24) is 9.80 Å². The van der Waals surface area contributed by atoms with Crippen LogP contribution in [0.1, 0.15) is 54.4 Å². The molecule has 2 aromatic rings. The molecule has 0 N–H and O–H groups in total. The number of likely N-dealkylation sites (tertiary alicyclic amines) is 1. The summed E-state index contributed by atoms with van der Waals surface area (Å²) < 4.78 is 20.1. The second-order valence-electron chi connectivity index (χ2n) is 9.30. The van der Waals surface area contributed by atoms with E-state index >= 15 is 0 Å². The van der Waals surface area contributed by atoms with Crippen LogP contribution in [0.15, 0.2) is 48.5 Å². The zero-order valence-corrected chi connectivity index (χ0v) is 19.4. The van der Waals surface area contributed by atoms with Crippen LogP contribution in [-0.2, 0) is 11.2 Å². The maximum atomic E-state index is 14.1. The standard InChI is InChI=1S/C27H33FN2O3/c1-29-19-20-33-24-13-7-4-10-21(24)9-3-2-8-14-27(26(29)32)15-17-30(18-16-27)25(31)22-11-5-6-12-23(22)28/h4-7,10-13H,2-3,8-9,14-20H2,1H3. The first-order valence-electron chi connectivity index (χ1n) is 12.0. The molecule has 0 aromatic heterocycles. The molecule has 2 heterocycles. The van der Waals surface area contributed by atoms with E-state index in [0.29, 0.717) is 39.1 Å². The highest BCUT2D eigenvalue weighted by Gasteiger charge is 2.43. The number of likely N-dealkylation sites (N-methyl/N-ethyl adjacent to an activating group) is 1. The Morgan fingerprint density at radius 1 is 0.939 bits per heavy atom. The van der Waals surface area contributed by atoms with Gasteiger partial charge in [0.1, 0.15) is 18.2 Å². The van der Waals surface area contributed by atoms with E-state index in [-0.39, 0.29) is 17.4 Å². The summed E-state index contributed by atoms with van der Waals surface area (Å²) in [6.45, 7) is 1.91. The Hall–Kier alpha value is -2.89. The van der Waals surface area contributed by atoms with Crippen LogP contribution in [0.5, 0.6) is 5.75 Å². The van der Waals surface area contributed by atoms with Crippen LogP contribution < -0.4 is 4.74 Å². The number of ether oxygens (including phenoxy) is 1. The highest BCUT2D eigenvalue weighted by Crippen LogP contribution is 2.39. The molecule has 6 heteroatoms. The number of carbonyl (C=O) groups is 2. The fourth-order valence-corrected chi connectivity index (χ4v) is 5.12. The van der Waals surface area contributed by atoms with E-state index in [9.17, 15) is 14.0 Å². The fourth-order valence-electron chi connectivity index (χ4n) is 5.12. The maximum absolute atomic E-state index is 14.1. The molecule has 1 fully saturated rings. The van der Waals surface area contributed by atoms with Gasteiger partial charge in [0.25, 0.3) is 5.91 Å². The lowest BCUT2D eigenvalue weighted by molar-refractivity contribution is -0.144. The second kappa shape index (κ2) is 10.4. The van der Waals surface area contributed by atoms with Gasteiger partial charge in [-0.1, -0.05) is 43.2 Å². The van der Waals surface area contributed by atoms with Gasteiger partial charge in [0, 0.05) is 20.1 Å². The summed E-state index contributed by atoms with van der Waals surface area (Å²) >= 11 is 0. The fraction of sp³-hybridized carbons (Fsp3) is 0.481. The van der Waals surface area contributed by atoms with Crippen LogP contribution in [0, 0.1) is 11.2 Å². The molecule has 2 aliphatic heterocycles. The van der Waals surface area contributed by atoms with E-state index in [2.05, 4.69) is 6.07 Å². The highest BCUT2D eigenvalue weighted by molar-refractivity contribution is 5.94. The Morgan fingerprint density at radius 2 is 1.67 bits per heavy atom. The third kappa shape index (κ3) is 5.21. The van der Waals surface area contributed by atoms with Crippen LogP contribution in [0.25, 0.3) is 0 Å². The van der Waals surface area contributed by atoms with E-state index in [1.165, 1.54) is 17.7 Å². The molecule has 2 aliphatic rings. The van der Waals surface area contributed by atoms with Gasteiger partial charge in [0.05, 0.1) is 17.5 Å². The maximum Gasteiger partial charge on any atom is 0.256 e. The minimum Gasteiger partial charge on any atom is -0.491 e. The van der Waals surface area contributed by atoms with E-state index in [1.807, 2.05) is 25.2 Å². The summed E-state index contributed by atoms with van der Waals surface area (Å²) in [7, 11) is 1.84. The molecule has 1 saturated heterocycles. The molecule has 0 bridgehead atoms. The van der Waals surface area contributed by atoms with Crippen molar-refractivity contribution in [2.45, 2.75) is 44.9 Å². The Bertz CT molecular complexity index is 985. The number of rotatable bonds is 1. The van der Waals surface area contributed by atoms with Crippen LogP contribution in [0.4, 0.5) is 4.39 Å². The number of piperidine rings is 1. The quantitative estimate of drug-likeness (QED) is 0.630. The molecular formula is C27H33FN2O3. The largest absolute Gasteiger partial charge is 0.491 e. The zero-order chi connectivity index (χ0) is 23.3. The average Bonchev–Trinajstić information content (AvgIpc) is 2.84. The van der Waals surface area contributed by atoms with E-state index in [4.69, 9.17) is 4.74 Å². The monoisotopic (exact) mass is 452 g/mol. The van der Waals surface area contributed by atoms with Gasteiger partial charge in [0.15, 0.2) is 0 Å². The van der Waals surface area contributed by atoms with Crippen molar-refractivity contribution in [1.29, 1.82) is 0 Å². The lowest BCUT2D eigenvalue weighted by atomic mass is 9.73. The third-order valence-corrected chi connectivity index (χ3v) is 7.17. The number of hydrogen-bond donors (Lipinski definition) is 0. The molecule has 0 unspecified atom stereocenters. The number of para-hydroxylation sites is 1. The summed E-state index contributed by atoms with van der Waals surface area (Å²) in [5, 5.41) is 0. The Labute approximate surface area is 195 Å². The smallest absolute Gasteiger partial charge is 0.256 e. The summed E-state index contributed by atoms with van der Waals surface area (Å²) in [5.41, 5.74) is 0.853. The molecule has 0 atom stereocenters. The Kier molecular flexibility index (Phi) is 7.31. The number of amides is 2. The third-order valence-electron chi connectivity index (χ3n) is 7.17. The van der Waals surface area contributed by atoms with Gasteiger partial charge >= 0.3 is 0 Å². The van der Waals surface area contributed by atoms with Crippen LogP contribution in [0.2, 0.25) is 0 Å². The number of aryl methyl sites for hydroxylation is 1. The SMILES string of the molecule is CN1CCOc2ccccc2CCCCCC2(CCN(C(=O)c3ccccc3F)CC2)C1=O. The van der Waals surface area contributed by atoms with Gasteiger partial charge < -0.3 is 14.5 Å². The summed E-state index contributed by atoms with van der Waals surface area (Å²) in [6, 6.07) is 14.2. The minimum atomic E-state index is -0.498. The number of halogens is 1. The molecule has 0 aliphatic carbocycles. The van der Waals surface area contributed by atoms with E-state index < -0.39 is 11.2 Å². The number of hydrogen-bond acceptors (Lipinski definition) is 3. The van der Waals surface area contributed by atoms with Gasteiger partial charge in [-0.05, 0) is 55.9 Å². The van der Waals surface area contributed by atoms with Crippen molar-refractivity contribution in [3.8, 4) is 5.75 Å². The molecular weight excluding hydrogens is 419 g/mol. The number of nitrogens with zero attached hydrogens (tertiary/aromatic N) is 2. The van der Waals surface area contributed by atoms with Gasteiger partial charge in [-0.2, -0.15) is 0 Å². The zero-order valence-electron chi connectivity index (χ0n) is 19.4. The first kappa shape index (κ1) is 23.3. The van der Waals surface area contributed by atoms with Gasteiger partial charge in [-0.25, -0.2) is 4.39 Å². The van der Waals surface area contributed by atoms with Crippen molar-refractivity contribution >= 4 is 11.8 Å². The van der Waals surface area contributed by atoms with Crippen molar-refractivity contribution < 1.29 is 18.7 Å². The predicted octanol–water partition coefficient (Wildman–Crippen LogP) is 4.70. The van der Waals surface area contributed by atoms with Crippen LogP contribution in [-0.4, -0.2) is 54.9 Å². The van der Waals surface area contributed by atoms with Crippen molar-refractivity contribution in [2.75, 3.05) is 33.3 Å². The molecule has 1 spiro atoms. The summed E-state index contributed by atoms with van der Waals surface area (Å²) in [4.78, 5) is 29.9. The van der Waals surface area contributed by atoms with Crippen LogP contribution >= 0.6 is 0 Å². The van der Waals surface area contributed by atoms with Crippen molar-refractivity contribution in [3.63, 3.8) is 0 Å². The molecule has 0 saturated carbocycles. The van der Waals surface area contributed by atoms with Crippen molar-refractivity contribution in [2.24, 2.45) is 5.41 Å². The van der Waals surface area contributed by atoms with Crippen molar-refractivity contribution in [3.05, 3.63) is 65.5 Å². The molecule has 2 amide bonds. The molecule has 0 radical (unpaired) electrons. The summed E-state index contributed by atoms with van der Waals surface area (Å²) in [5.74, 6) is 0.255. The minimum absolute atomic E-state index is 0.101. The van der Waals surface area contributed by atoms with Crippen LogP contribution in [0.3, 0.4) is 0 Å². The van der Waals surface area contributed by atoms with E-state index in [1.54, 1.807) is 21.9 Å². The summed E-state index contributed by atoms with van der Waals surface area (Å²) in [6.07, 6.45) is 6.08. The van der Waals surface area contributed by atoms with Gasteiger partial charge in [-0.3, -0.25) is 9.59 Å². The topological polar surface area (TPSA) is 49.9 Å². The number of benzene rings is 2. The molecule has 4 rings (SSSR count). The first-order valence-corrected chi connectivity index (χ1v) is 12.0. The molecule has 5 nitrogen and oxygen atoms in total. The molecule has 176 valence electrons. The molecule has 2 aromatic carbocycles. The Morgan fingerprint density at radius 3 is 2.45 bits per heavy atom. The Balaban J connectivity index is 1.45. The second-order valence-corrected chi connectivity index (χ2v) is 9.30. The number of fused-ring (bicyclic) bond motifs is 1. The lowest BCUT2D eigenvalue weighted by Gasteiger charge is -2.42. The van der Waals surface area contributed by atoms with E-state index in [0.717, 1.165) is 37.9 Å². The normalized spacial score (nSPS) is 19.6. The lowest BCUT2D eigenvalue weighted by Crippen LogP contribution is -2.51. The average molecular weight is 453 g/mol. The predicted molar refractivity (Wildman–Crippen MR) is 126 cm³/mol. The number of carbonyl (C=O) groups excluding carboxylic acids is 2. The van der Waals surface area contributed by atoms with Gasteiger partial charge in [-0.15, -0.1) is 0 Å². The highest BCUT2D eigenvalue weighted by atomic mass is 19.1. The van der Waals surface area contributed by atoms with Gasteiger partial charge in [0.2, 0.25) is 5.91 Å². The first-order chi connectivity index (χ1) is 16.0. The molecule has 33 heavy (non-hydrogen) atoms.